The molecule has 0 aliphatic rings. The van der Waals surface area contributed by atoms with Crippen molar-refractivity contribution < 1.29 is 4.74 Å². The fraction of sp³-hybridized carbons (Fsp3) is 0.400. The Hall–Kier alpha value is -1.46. The second kappa shape index (κ2) is 5.05. The molecule has 1 heteroatoms. The van der Waals surface area contributed by atoms with Gasteiger partial charge >= 0.3 is 0 Å². The van der Waals surface area contributed by atoms with Crippen LogP contribution in [0.4, 0.5) is 0 Å². The van der Waals surface area contributed by atoms with Crippen molar-refractivity contribution in [1.82, 2.24) is 0 Å². The van der Waals surface area contributed by atoms with Crippen LogP contribution in [0.1, 0.15) is 33.3 Å². The van der Waals surface area contributed by atoms with Gasteiger partial charge in [-0.1, -0.05) is 32.9 Å². The zero-order valence-electron chi connectivity index (χ0n) is 10.8. The highest BCUT2D eigenvalue weighted by Crippen LogP contribution is 2.23. The number of benzene rings is 1. The Morgan fingerprint density at radius 1 is 1.19 bits per heavy atom. The third-order valence-electron chi connectivity index (χ3n) is 2.70. The van der Waals surface area contributed by atoms with E-state index in [2.05, 4.69) is 33.4 Å². The van der Waals surface area contributed by atoms with Gasteiger partial charge in [-0.15, -0.1) is 5.73 Å². The van der Waals surface area contributed by atoms with Gasteiger partial charge in [0.2, 0.25) is 0 Å². The Bertz CT molecular complexity index is 398. The quantitative estimate of drug-likeness (QED) is 0.670. The molecule has 0 aliphatic carbocycles. The molecule has 0 spiro atoms. The molecule has 1 rings (SSSR count). The summed E-state index contributed by atoms with van der Waals surface area (Å²) >= 11 is 0. The van der Waals surface area contributed by atoms with Crippen LogP contribution in [-0.2, 0) is 0 Å². The number of methoxy groups -OCH3 is 1. The van der Waals surface area contributed by atoms with Crippen LogP contribution in [-0.4, -0.2) is 7.11 Å². The summed E-state index contributed by atoms with van der Waals surface area (Å²) in [7, 11) is 1.68. The van der Waals surface area contributed by atoms with E-state index in [1.807, 2.05) is 30.3 Å². The first kappa shape index (κ1) is 12.6. The lowest BCUT2D eigenvalue weighted by molar-refractivity contribution is 0.415. The van der Waals surface area contributed by atoms with Gasteiger partial charge in [-0.25, -0.2) is 0 Å². The Morgan fingerprint density at radius 2 is 1.75 bits per heavy atom. The Kier molecular flexibility index (Phi) is 3.98. The van der Waals surface area contributed by atoms with Crippen molar-refractivity contribution in [2.75, 3.05) is 7.11 Å². The molecule has 0 aromatic heterocycles. The highest BCUT2D eigenvalue weighted by molar-refractivity contribution is 5.50. The first-order valence-corrected chi connectivity index (χ1v) is 5.51. The van der Waals surface area contributed by atoms with Crippen LogP contribution in [0.3, 0.4) is 0 Å². The summed E-state index contributed by atoms with van der Waals surface area (Å²) in [6.45, 7) is 8.69. The van der Waals surface area contributed by atoms with E-state index < -0.39 is 0 Å². The maximum absolute atomic E-state index is 5.11. The lowest BCUT2D eigenvalue weighted by Gasteiger charge is -2.16. The van der Waals surface area contributed by atoms with Crippen molar-refractivity contribution in [1.29, 1.82) is 0 Å². The van der Waals surface area contributed by atoms with E-state index in [1.54, 1.807) is 7.11 Å². The van der Waals surface area contributed by atoms with E-state index in [1.165, 1.54) is 5.57 Å². The molecule has 86 valence electrons. The van der Waals surface area contributed by atoms with E-state index in [4.69, 9.17) is 4.74 Å². The van der Waals surface area contributed by atoms with E-state index in [-0.39, 0.29) is 5.41 Å². The molecule has 0 radical (unpaired) electrons. The lowest BCUT2D eigenvalue weighted by Crippen LogP contribution is -2.04. The molecule has 1 nitrogen and oxygen atoms in total. The maximum atomic E-state index is 5.11. The number of rotatable bonds is 2. The minimum atomic E-state index is 0.184. The van der Waals surface area contributed by atoms with Crippen molar-refractivity contribution in [3.63, 3.8) is 0 Å². The van der Waals surface area contributed by atoms with E-state index in [9.17, 15) is 0 Å². The van der Waals surface area contributed by atoms with E-state index in [0.717, 1.165) is 11.3 Å². The van der Waals surface area contributed by atoms with Crippen LogP contribution < -0.4 is 4.74 Å². The molecule has 0 fully saturated rings. The molecule has 1 aromatic carbocycles. The summed E-state index contributed by atoms with van der Waals surface area (Å²) < 4.78 is 5.11. The Balaban J connectivity index is 2.92. The zero-order chi connectivity index (χ0) is 12.2. The second-order valence-corrected chi connectivity index (χ2v) is 4.94. The van der Waals surface area contributed by atoms with Gasteiger partial charge in [-0.05, 0) is 41.7 Å². The van der Waals surface area contributed by atoms with Gasteiger partial charge in [0.15, 0.2) is 0 Å². The normalized spacial score (nSPS) is 10.6. The van der Waals surface area contributed by atoms with Crippen molar-refractivity contribution >= 4 is 6.08 Å². The summed E-state index contributed by atoms with van der Waals surface area (Å²) in [6.07, 6.45) is 2.01. The van der Waals surface area contributed by atoms with Crippen molar-refractivity contribution in [2.24, 2.45) is 5.41 Å². The van der Waals surface area contributed by atoms with Gasteiger partial charge in [0.1, 0.15) is 5.75 Å². The van der Waals surface area contributed by atoms with Gasteiger partial charge in [-0.2, -0.15) is 0 Å². The largest absolute Gasteiger partial charge is 0.497 e. The highest BCUT2D eigenvalue weighted by Gasteiger charge is 2.11. The fourth-order valence-electron chi connectivity index (χ4n) is 1.11. The van der Waals surface area contributed by atoms with Gasteiger partial charge in [0.25, 0.3) is 0 Å². The van der Waals surface area contributed by atoms with Gasteiger partial charge < -0.3 is 4.74 Å². The first-order valence-electron chi connectivity index (χ1n) is 5.51. The van der Waals surface area contributed by atoms with Crippen LogP contribution in [0.5, 0.6) is 5.75 Å². The minimum Gasteiger partial charge on any atom is -0.497 e. The van der Waals surface area contributed by atoms with E-state index >= 15 is 0 Å². The van der Waals surface area contributed by atoms with Gasteiger partial charge in [-0.3, -0.25) is 0 Å². The Morgan fingerprint density at radius 3 is 2.19 bits per heavy atom. The van der Waals surface area contributed by atoms with Crippen LogP contribution in [0, 0.1) is 5.41 Å². The third kappa shape index (κ3) is 3.60. The zero-order valence-corrected chi connectivity index (χ0v) is 10.8. The third-order valence-corrected chi connectivity index (χ3v) is 2.70. The van der Waals surface area contributed by atoms with Crippen LogP contribution in [0.2, 0.25) is 0 Å². The Labute approximate surface area is 98.5 Å². The van der Waals surface area contributed by atoms with Crippen molar-refractivity contribution in [3.05, 3.63) is 41.1 Å². The first-order chi connectivity index (χ1) is 7.43. The van der Waals surface area contributed by atoms with Gasteiger partial charge in [0, 0.05) is 0 Å². The molecule has 0 N–H and O–H groups in total. The number of allylic oxidation sites excluding steroid dienone is 1. The summed E-state index contributed by atoms with van der Waals surface area (Å²) in [5.41, 5.74) is 5.91. The second-order valence-electron chi connectivity index (χ2n) is 4.94. The van der Waals surface area contributed by atoms with Crippen LogP contribution in [0.15, 0.2) is 35.6 Å². The summed E-state index contributed by atoms with van der Waals surface area (Å²) in [5.74, 6) is 0.883. The molecule has 0 heterocycles. The number of ether oxygens (including phenoxy) is 1. The molecular formula is C15H20O. The smallest absolute Gasteiger partial charge is 0.118 e. The average Bonchev–Trinajstić information content (AvgIpc) is 2.25. The molecule has 16 heavy (non-hydrogen) atoms. The maximum Gasteiger partial charge on any atom is 0.118 e. The topological polar surface area (TPSA) is 9.23 Å². The predicted octanol–water partition coefficient (Wildman–Crippen LogP) is 4.30. The molecule has 0 saturated carbocycles. The van der Waals surface area contributed by atoms with Crippen LogP contribution >= 0.6 is 0 Å². The molecular weight excluding hydrogens is 196 g/mol. The lowest BCUT2D eigenvalue weighted by atomic mass is 9.88. The van der Waals surface area contributed by atoms with Crippen molar-refractivity contribution in [2.45, 2.75) is 27.7 Å². The average molecular weight is 216 g/mol. The fourth-order valence-corrected chi connectivity index (χ4v) is 1.11. The predicted molar refractivity (Wildman–Crippen MR) is 69.6 cm³/mol. The van der Waals surface area contributed by atoms with Crippen molar-refractivity contribution in [3.8, 4) is 5.75 Å². The summed E-state index contributed by atoms with van der Waals surface area (Å²) in [6, 6.07) is 7.98. The summed E-state index contributed by atoms with van der Waals surface area (Å²) in [5, 5.41) is 0. The highest BCUT2D eigenvalue weighted by atomic mass is 16.5. The molecule has 0 amide bonds. The van der Waals surface area contributed by atoms with Gasteiger partial charge in [0.05, 0.1) is 7.11 Å². The SMILES string of the molecule is COc1ccc(C=C=C(C)C(C)(C)C)cc1. The molecule has 0 atom stereocenters. The minimum absolute atomic E-state index is 0.184. The molecule has 0 aliphatic heterocycles. The monoisotopic (exact) mass is 216 g/mol. The number of hydrogen-bond acceptors (Lipinski definition) is 1. The van der Waals surface area contributed by atoms with E-state index in [0.29, 0.717) is 0 Å². The number of hydrogen-bond donors (Lipinski definition) is 0. The molecule has 0 saturated heterocycles. The van der Waals surface area contributed by atoms with Crippen LogP contribution in [0.25, 0.3) is 6.08 Å². The summed E-state index contributed by atoms with van der Waals surface area (Å²) in [4.78, 5) is 0. The molecule has 0 unspecified atom stereocenters. The molecule has 1 aromatic rings. The molecule has 0 bridgehead atoms. The standard InChI is InChI=1S/C15H20O/c1-12(15(2,3)4)6-7-13-8-10-14(16-5)11-9-13/h7-11H,1-5H3.